The summed E-state index contributed by atoms with van der Waals surface area (Å²) in [5, 5.41) is 0. The molecule has 2 aliphatic rings. The molecule has 1 aliphatic heterocycles. The summed E-state index contributed by atoms with van der Waals surface area (Å²) >= 11 is 0. The zero-order chi connectivity index (χ0) is 12.3. The van der Waals surface area contributed by atoms with Gasteiger partial charge in [-0.15, -0.1) is 0 Å². The zero-order valence-corrected chi connectivity index (χ0v) is 11.3. The number of rotatable bonds is 2. The Hall–Kier alpha value is -0.570. The van der Waals surface area contributed by atoms with E-state index in [1.165, 1.54) is 19.3 Å². The van der Waals surface area contributed by atoms with Crippen LogP contribution in [0.3, 0.4) is 0 Å². The van der Waals surface area contributed by atoms with Crippen molar-refractivity contribution in [2.24, 2.45) is 5.92 Å². The predicted molar refractivity (Wildman–Crippen MR) is 69.9 cm³/mol. The van der Waals surface area contributed by atoms with Gasteiger partial charge in [-0.2, -0.15) is 0 Å². The van der Waals surface area contributed by atoms with E-state index in [2.05, 4.69) is 23.6 Å². The van der Waals surface area contributed by atoms with Gasteiger partial charge in [-0.1, -0.05) is 19.3 Å². The standard InChI is InChI=1S/C14H26N2O/c1-12(2)15-8-10-16(11-9-15)14(17)13-6-4-3-5-7-13/h12-13H,3-11H2,1-2H3. The number of nitrogens with zero attached hydrogens (tertiary/aromatic N) is 2. The third-order valence-corrected chi connectivity index (χ3v) is 4.31. The fourth-order valence-electron chi connectivity index (χ4n) is 3.07. The normalized spacial score (nSPS) is 24.3. The molecule has 2 fully saturated rings. The van der Waals surface area contributed by atoms with Crippen molar-refractivity contribution in [1.29, 1.82) is 0 Å². The van der Waals surface area contributed by atoms with Crippen molar-refractivity contribution < 1.29 is 4.79 Å². The summed E-state index contributed by atoms with van der Waals surface area (Å²) in [5.74, 6) is 0.780. The van der Waals surface area contributed by atoms with Gasteiger partial charge in [0.1, 0.15) is 0 Å². The minimum absolute atomic E-state index is 0.342. The van der Waals surface area contributed by atoms with Gasteiger partial charge in [-0.3, -0.25) is 9.69 Å². The molecule has 0 aromatic rings. The van der Waals surface area contributed by atoms with Crippen LogP contribution in [-0.4, -0.2) is 47.9 Å². The smallest absolute Gasteiger partial charge is 0.225 e. The second-order valence-electron chi connectivity index (χ2n) is 5.79. The van der Waals surface area contributed by atoms with Crippen LogP contribution in [0, 0.1) is 5.92 Å². The highest BCUT2D eigenvalue weighted by molar-refractivity contribution is 5.79. The van der Waals surface area contributed by atoms with E-state index in [1.54, 1.807) is 0 Å². The lowest BCUT2D eigenvalue weighted by Gasteiger charge is -2.38. The molecular weight excluding hydrogens is 212 g/mol. The molecule has 0 aromatic carbocycles. The Kier molecular flexibility index (Phi) is 4.43. The lowest BCUT2D eigenvalue weighted by Crippen LogP contribution is -2.52. The molecular formula is C14H26N2O. The second-order valence-corrected chi connectivity index (χ2v) is 5.79. The first-order chi connectivity index (χ1) is 8.18. The van der Waals surface area contributed by atoms with Crippen molar-refractivity contribution in [3.05, 3.63) is 0 Å². The second kappa shape index (κ2) is 5.85. The minimum Gasteiger partial charge on any atom is -0.340 e. The lowest BCUT2D eigenvalue weighted by molar-refractivity contribution is -0.138. The molecule has 3 nitrogen and oxygen atoms in total. The first-order valence-electron chi connectivity index (χ1n) is 7.21. The zero-order valence-electron chi connectivity index (χ0n) is 11.3. The Bertz CT molecular complexity index is 251. The van der Waals surface area contributed by atoms with E-state index >= 15 is 0 Å². The molecule has 0 spiro atoms. The van der Waals surface area contributed by atoms with Crippen molar-refractivity contribution in [1.82, 2.24) is 9.80 Å². The van der Waals surface area contributed by atoms with Crippen LogP contribution in [0.25, 0.3) is 0 Å². The SMILES string of the molecule is CC(C)N1CCN(C(=O)C2CCCCC2)CC1. The number of piperazine rings is 1. The van der Waals surface area contributed by atoms with Gasteiger partial charge in [-0.25, -0.2) is 0 Å². The van der Waals surface area contributed by atoms with Gasteiger partial charge in [0.15, 0.2) is 0 Å². The average Bonchev–Trinajstić information content (AvgIpc) is 2.39. The van der Waals surface area contributed by atoms with Crippen LogP contribution < -0.4 is 0 Å². The number of carbonyl (C=O) groups excluding carboxylic acids is 1. The van der Waals surface area contributed by atoms with Gasteiger partial charge < -0.3 is 4.90 Å². The molecule has 1 amide bonds. The van der Waals surface area contributed by atoms with Crippen LogP contribution in [0.5, 0.6) is 0 Å². The highest BCUT2D eigenvalue weighted by Gasteiger charge is 2.28. The summed E-state index contributed by atoms with van der Waals surface area (Å²) in [6.07, 6.45) is 6.09. The highest BCUT2D eigenvalue weighted by Crippen LogP contribution is 2.25. The van der Waals surface area contributed by atoms with Crippen LogP contribution in [0.4, 0.5) is 0 Å². The van der Waals surface area contributed by atoms with Gasteiger partial charge in [0.05, 0.1) is 0 Å². The molecule has 1 saturated heterocycles. The molecule has 0 aromatic heterocycles. The first-order valence-corrected chi connectivity index (χ1v) is 7.21. The molecule has 0 atom stereocenters. The van der Waals surface area contributed by atoms with E-state index in [0.717, 1.165) is 39.0 Å². The van der Waals surface area contributed by atoms with Crippen molar-refractivity contribution in [3.63, 3.8) is 0 Å². The Morgan fingerprint density at radius 2 is 1.59 bits per heavy atom. The Balaban J connectivity index is 1.81. The summed E-state index contributed by atoms with van der Waals surface area (Å²) in [4.78, 5) is 16.9. The van der Waals surface area contributed by atoms with Crippen molar-refractivity contribution in [3.8, 4) is 0 Å². The maximum absolute atomic E-state index is 12.3. The Morgan fingerprint density at radius 1 is 1.00 bits per heavy atom. The maximum atomic E-state index is 12.3. The van der Waals surface area contributed by atoms with E-state index in [9.17, 15) is 4.79 Å². The summed E-state index contributed by atoms with van der Waals surface area (Å²) < 4.78 is 0. The Labute approximate surface area is 105 Å². The highest BCUT2D eigenvalue weighted by atomic mass is 16.2. The molecule has 0 unspecified atom stereocenters. The third-order valence-electron chi connectivity index (χ3n) is 4.31. The van der Waals surface area contributed by atoms with Crippen molar-refractivity contribution in [2.75, 3.05) is 26.2 Å². The predicted octanol–water partition coefficient (Wildman–Crippen LogP) is 2.12. The van der Waals surface area contributed by atoms with Crippen LogP contribution in [0.1, 0.15) is 46.0 Å². The fraction of sp³-hybridized carbons (Fsp3) is 0.929. The minimum atomic E-state index is 0.342. The molecule has 1 aliphatic carbocycles. The first kappa shape index (κ1) is 12.9. The summed E-state index contributed by atoms with van der Waals surface area (Å²) in [6, 6.07) is 0.613. The number of hydrogen-bond donors (Lipinski definition) is 0. The van der Waals surface area contributed by atoms with Crippen LogP contribution >= 0.6 is 0 Å². The van der Waals surface area contributed by atoms with E-state index in [4.69, 9.17) is 0 Å². The molecule has 0 N–H and O–H groups in total. The van der Waals surface area contributed by atoms with Crippen molar-refractivity contribution in [2.45, 2.75) is 52.0 Å². The van der Waals surface area contributed by atoms with Crippen LogP contribution in [-0.2, 0) is 4.79 Å². The largest absolute Gasteiger partial charge is 0.340 e. The summed E-state index contributed by atoms with van der Waals surface area (Å²) in [6.45, 7) is 8.45. The monoisotopic (exact) mass is 238 g/mol. The van der Waals surface area contributed by atoms with E-state index in [1.807, 2.05) is 0 Å². The molecule has 98 valence electrons. The van der Waals surface area contributed by atoms with E-state index < -0.39 is 0 Å². The molecule has 2 rings (SSSR count). The number of amides is 1. The maximum Gasteiger partial charge on any atom is 0.225 e. The molecule has 3 heteroatoms. The van der Waals surface area contributed by atoms with Crippen molar-refractivity contribution >= 4 is 5.91 Å². The van der Waals surface area contributed by atoms with Gasteiger partial charge in [0.2, 0.25) is 5.91 Å². The fourth-order valence-corrected chi connectivity index (χ4v) is 3.07. The van der Waals surface area contributed by atoms with E-state index in [0.29, 0.717) is 17.9 Å². The average molecular weight is 238 g/mol. The number of hydrogen-bond acceptors (Lipinski definition) is 2. The van der Waals surface area contributed by atoms with Crippen LogP contribution in [0.15, 0.2) is 0 Å². The topological polar surface area (TPSA) is 23.6 Å². The van der Waals surface area contributed by atoms with Gasteiger partial charge in [0, 0.05) is 38.1 Å². The molecule has 0 bridgehead atoms. The number of carbonyl (C=O) groups is 1. The molecule has 17 heavy (non-hydrogen) atoms. The summed E-state index contributed by atoms with van der Waals surface area (Å²) in [5.41, 5.74) is 0. The third kappa shape index (κ3) is 3.21. The molecule has 0 radical (unpaired) electrons. The lowest BCUT2D eigenvalue weighted by atomic mass is 9.88. The van der Waals surface area contributed by atoms with Gasteiger partial charge in [-0.05, 0) is 26.7 Å². The quantitative estimate of drug-likeness (QED) is 0.735. The van der Waals surface area contributed by atoms with Gasteiger partial charge >= 0.3 is 0 Å². The Morgan fingerprint density at radius 3 is 2.12 bits per heavy atom. The molecule has 1 heterocycles. The van der Waals surface area contributed by atoms with Gasteiger partial charge in [0.25, 0.3) is 0 Å². The summed E-state index contributed by atoms with van der Waals surface area (Å²) in [7, 11) is 0. The van der Waals surface area contributed by atoms with Crippen LogP contribution in [0.2, 0.25) is 0 Å². The molecule has 1 saturated carbocycles. The van der Waals surface area contributed by atoms with E-state index in [-0.39, 0.29) is 0 Å².